The number of sulfonamides is 1. The van der Waals surface area contributed by atoms with Gasteiger partial charge in [-0.1, -0.05) is 6.07 Å². The summed E-state index contributed by atoms with van der Waals surface area (Å²) in [5, 5.41) is 3.24. The minimum Gasteiger partial charge on any atom is -0.459 e. The van der Waals surface area contributed by atoms with Crippen molar-refractivity contribution < 1.29 is 17.6 Å². The highest BCUT2D eigenvalue weighted by atomic mass is 32.2. The average Bonchev–Trinajstić information content (AvgIpc) is 3.31. The van der Waals surface area contributed by atoms with Gasteiger partial charge >= 0.3 is 0 Å². The number of rotatable bonds is 4. The number of amides is 1. The van der Waals surface area contributed by atoms with Crippen LogP contribution >= 0.6 is 11.3 Å². The van der Waals surface area contributed by atoms with E-state index in [0.717, 1.165) is 27.4 Å². The number of aryl methyl sites for hydroxylation is 1. The predicted octanol–water partition coefficient (Wildman–Crippen LogP) is 3.67. The van der Waals surface area contributed by atoms with Crippen LogP contribution in [-0.4, -0.2) is 31.6 Å². The van der Waals surface area contributed by atoms with Crippen LogP contribution in [-0.2, 0) is 16.4 Å². The lowest BCUT2D eigenvalue weighted by Gasteiger charge is -2.21. The smallest absolute Gasteiger partial charge is 0.293 e. The molecule has 0 aliphatic carbocycles. The van der Waals surface area contributed by atoms with Gasteiger partial charge in [0.15, 0.2) is 10.9 Å². The van der Waals surface area contributed by atoms with Crippen molar-refractivity contribution >= 4 is 38.1 Å². The number of carbonyl (C=O) groups excluding carboxylic acids is 1. The van der Waals surface area contributed by atoms with Gasteiger partial charge in [0.05, 0.1) is 23.9 Å². The maximum absolute atomic E-state index is 12.2. The molecule has 1 aliphatic rings. The van der Waals surface area contributed by atoms with Crippen molar-refractivity contribution in [1.82, 2.24) is 4.98 Å². The molecule has 28 heavy (non-hydrogen) atoms. The number of thiazole rings is 1. The van der Waals surface area contributed by atoms with Crippen molar-refractivity contribution in [3.8, 4) is 11.3 Å². The molecule has 0 bridgehead atoms. The summed E-state index contributed by atoms with van der Waals surface area (Å²) >= 11 is 1.38. The van der Waals surface area contributed by atoms with E-state index in [0.29, 0.717) is 11.6 Å². The zero-order chi connectivity index (χ0) is 20.1. The van der Waals surface area contributed by atoms with Crippen LogP contribution in [0.1, 0.15) is 27.9 Å². The van der Waals surface area contributed by atoms with Crippen molar-refractivity contribution in [2.24, 2.45) is 0 Å². The van der Waals surface area contributed by atoms with Gasteiger partial charge in [0.2, 0.25) is 10.0 Å². The van der Waals surface area contributed by atoms with Crippen LogP contribution in [0.25, 0.3) is 11.3 Å². The van der Waals surface area contributed by atoms with E-state index in [1.165, 1.54) is 28.2 Å². The number of fused-ring (bicyclic) bond motifs is 1. The lowest BCUT2D eigenvalue weighted by molar-refractivity contribution is 0.0996. The van der Waals surface area contributed by atoms with Crippen molar-refractivity contribution in [3.63, 3.8) is 0 Å². The van der Waals surface area contributed by atoms with Gasteiger partial charge in [-0.15, -0.1) is 11.3 Å². The molecule has 4 rings (SSSR count). The Hall–Kier alpha value is -2.65. The number of furan rings is 1. The second kappa shape index (κ2) is 6.75. The fraction of sp³-hybridized carbons (Fsp3) is 0.263. The number of hydrogen-bond donors (Lipinski definition) is 1. The fourth-order valence-electron chi connectivity index (χ4n) is 3.54. The predicted molar refractivity (Wildman–Crippen MR) is 109 cm³/mol. The Balaban J connectivity index is 1.63. The molecule has 1 N–H and O–H groups in total. The molecule has 7 nitrogen and oxygen atoms in total. The van der Waals surface area contributed by atoms with E-state index in [-0.39, 0.29) is 17.7 Å². The summed E-state index contributed by atoms with van der Waals surface area (Å²) in [6, 6.07) is 8.81. The molecule has 3 heterocycles. The summed E-state index contributed by atoms with van der Waals surface area (Å²) in [6.07, 6.45) is 3.32. The summed E-state index contributed by atoms with van der Waals surface area (Å²) in [5.74, 6) is -0.126. The Bertz CT molecular complexity index is 1150. The molecule has 1 amide bonds. The maximum Gasteiger partial charge on any atom is 0.293 e. The van der Waals surface area contributed by atoms with E-state index < -0.39 is 10.0 Å². The molecule has 3 aromatic rings. The number of nitrogens with one attached hydrogen (secondary N) is 1. The van der Waals surface area contributed by atoms with Crippen LogP contribution < -0.4 is 9.62 Å². The summed E-state index contributed by atoms with van der Waals surface area (Å²) in [6.45, 7) is 3.84. The highest BCUT2D eigenvalue weighted by Crippen LogP contribution is 2.38. The van der Waals surface area contributed by atoms with Crippen molar-refractivity contribution in [2.45, 2.75) is 26.3 Å². The minimum absolute atomic E-state index is 0.111. The van der Waals surface area contributed by atoms with Gasteiger partial charge in [-0.3, -0.25) is 14.4 Å². The Labute approximate surface area is 167 Å². The molecule has 1 aromatic carbocycles. The third kappa shape index (κ3) is 3.31. The number of aromatic nitrogens is 1. The summed E-state index contributed by atoms with van der Waals surface area (Å²) in [4.78, 5) is 17.7. The average molecular weight is 418 g/mol. The molecule has 9 heteroatoms. The van der Waals surface area contributed by atoms with Crippen LogP contribution in [0.2, 0.25) is 0 Å². The minimum atomic E-state index is -3.32. The van der Waals surface area contributed by atoms with Crippen LogP contribution in [0.3, 0.4) is 0 Å². The van der Waals surface area contributed by atoms with E-state index in [2.05, 4.69) is 10.3 Å². The van der Waals surface area contributed by atoms with Crippen LogP contribution in [0.5, 0.6) is 0 Å². The van der Waals surface area contributed by atoms with E-state index >= 15 is 0 Å². The first-order chi connectivity index (χ1) is 13.2. The topological polar surface area (TPSA) is 92.5 Å². The monoisotopic (exact) mass is 417 g/mol. The van der Waals surface area contributed by atoms with Crippen molar-refractivity contribution in [3.05, 3.63) is 52.8 Å². The molecule has 1 atom stereocenters. The Kier molecular flexibility index (Phi) is 4.51. The molecule has 0 radical (unpaired) electrons. The van der Waals surface area contributed by atoms with Crippen LogP contribution in [0.4, 0.5) is 10.8 Å². The standard InChI is InChI=1S/C19H19N3O4S2/c1-11-9-14-10-13(6-7-15(14)22(11)28(3,24)25)17-12(2)27-19(20-17)21-18(23)16-5-4-8-26-16/h4-8,10-11H,9H2,1-3H3,(H,20,21,23). The molecule has 1 unspecified atom stereocenters. The van der Waals surface area contributed by atoms with Crippen LogP contribution in [0.15, 0.2) is 41.0 Å². The number of nitrogens with zero attached hydrogens (tertiary/aromatic N) is 2. The quantitative estimate of drug-likeness (QED) is 0.699. The lowest BCUT2D eigenvalue weighted by atomic mass is 10.0. The number of benzene rings is 1. The fourth-order valence-corrected chi connectivity index (χ4v) is 5.63. The third-order valence-corrected chi connectivity index (χ3v) is 6.78. The van der Waals surface area contributed by atoms with E-state index in [1.807, 2.05) is 32.0 Å². The Morgan fingerprint density at radius 1 is 1.36 bits per heavy atom. The number of carbonyl (C=O) groups is 1. The van der Waals surface area contributed by atoms with E-state index in [4.69, 9.17) is 4.42 Å². The van der Waals surface area contributed by atoms with Crippen LogP contribution in [0, 0.1) is 6.92 Å². The molecule has 0 saturated heterocycles. The third-order valence-electron chi connectivity index (χ3n) is 4.63. The molecular formula is C19H19N3O4S2. The molecule has 0 spiro atoms. The Morgan fingerprint density at radius 2 is 2.14 bits per heavy atom. The maximum atomic E-state index is 12.2. The summed E-state index contributed by atoms with van der Waals surface area (Å²) in [7, 11) is -3.32. The molecule has 2 aromatic heterocycles. The summed E-state index contributed by atoms with van der Waals surface area (Å²) < 4.78 is 30.7. The van der Waals surface area contributed by atoms with Gasteiger partial charge in [-0.25, -0.2) is 13.4 Å². The van der Waals surface area contributed by atoms with E-state index in [1.54, 1.807) is 12.1 Å². The van der Waals surface area contributed by atoms with Gasteiger partial charge in [-0.2, -0.15) is 0 Å². The lowest BCUT2D eigenvalue weighted by Crippen LogP contribution is -2.34. The van der Waals surface area contributed by atoms with Gasteiger partial charge in [0.1, 0.15) is 0 Å². The molecule has 0 saturated carbocycles. The molecule has 1 aliphatic heterocycles. The SMILES string of the molecule is Cc1sc(NC(=O)c2ccco2)nc1-c1ccc2c(c1)CC(C)N2S(C)(=O)=O. The normalized spacial score (nSPS) is 16.2. The van der Waals surface area contributed by atoms with Gasteiger partial charge in [-0.05, 0) is 50.1 Å². The first kappa shape index (κ1) is 18.7. The molecule has 146 valence electrons. The second-order valence-electron chi connectivity index (χ2n) is 6.81. The zero-order valence-electron chi connectivity index (χ0n) is 15.6. The van der Waals surface area contributed by atoms with E-state index in [9.17, 15) is 13.2 Å². The second-order valence-corrected chi connectivity index (χ2v) is 9.87. The number of hydrogen-bond acceptors (Lipinski definition) is 6. The highest BCUT2D eigenvalue weighted by Gasteiger charge is 2.32. The zero-order valence-corrected chi connectivity index (χ0v) is 17.2. The largest absolute Gasteiger partial charge is 0.459 e. The number of anilines is 2. The van der Waals surface area contributed by atoms with Gasteiger partial charge < -0.3 is 4.42 Å². The highest BCUT2D eigenvalue weighted by molar-refractivity contribution is 7.92. The first-order valence-electron chi connectivity index (χ1n) is 8.69. The van der Waals surface area contributed by atoms with Gasteiger partial charge in [0.25, 0.3) is 5.91 Å². The van der Waals surface area contributed by atoms with Crippen molar-refractivity contribution in [1.29, 1.82) is 0 Å². The molecular weight excluding hydrogens is 398 g/mol. The van der Waals surface area contributed by atoms with Crippen molar-refractivity contribution in [2.75, 3.05) is 15.9 Å². The first-order valence-corrected chi connectivity index (χ1v) is 11.4. The molecule has 0 fully saturated rings. The Morgan fingerprint density at radius 3 is 2.82 bits per heavy atom. The van der Waals surface area contributed by atoms with Gasteiger partial charge in [0, 0.05) is 16.5 Å². The summed E-state index contributed by atoms with van der Waals surface area (Å²) in [5.41, 5.74) is 3.36.